The number of nitrogens with one attached hydrogen (secondary N) is 2. The molecule has 152 valence electrons. The molecule has 1 aromatic rings. The van der Waals surface area contributed by atoms with Crippen LogP contribution in [0.1, 0.15) is 36.2 Å². The number of aliphatic hydroxyl groups excluding tert-OH is 1. The van der Waals surface area contributed by atoms with E-state index in [4.69, 9.17) is 0 Å². The van der Waals surface area contributed by atoms with Crippen LogP contribution in [-0.2, 0) is 9.59 Å². The van der Waals surface area contributed by atoms with Crippen LogP contribution in [0.2, 0.25) is 0 Å². The first-order valence-corrected chi connectivity index (χ1v) is 9.64. The van der Waals surface area contributed by atoms with Crippen LogP contribution in [0.15, 0.2) is 18.2 Å². The van der Waals surface area contributed by atoms with Gasteiger partial charge in [0.15, 0.2) is 0 Å². The maximum Gasteiger partial charge on any atom is 0.270 e. The monoisotopic (exact) mass is 389 g/mol. The Morgan fingerprint density at radius 2 is 1.96 bits per heavy atom. The number of pyridine rings is 1. The van der Waals surface area contributed by atoms with Crippen molar-refractivity contribution in [3.63, 3.8) is 0 Å². The number of aliphatic hydroxyl groups is 1. The van der Waals surface area contributed by atoms with E-state index in [1.165, 1.54) is 0 Å². The summed E-state index contributed by atoms with van der Waals surface area (Å²) in [6.45, 7) is 1.36. The molecule has 9 heteroatoms. The van der Waals surface area contributed by atoms with Crippen LogP contribution < -0.4 is 15.5 Å². The first-order valence-electron chi connectivity index (χ1n) is 9.64. The summed E-state index contributed by atoms with van der Waals surface area (Å²) < 4.78 is 0. The van der Waals surface area contributed by atoms with Gasteiger partial charge in [0.1, 0.15) is 11.5 Å². The number of amides is 3. The van der Waals surface area contributed by atoms with E-state index in [0.29, 0.717) is 31.7 Å². The topological polar surface area (TPSA) is 115 Å². The minimum absolute atomic E-state index is 0.00908. The highest BCUT2D eigenvalue weighted by atomic mass is 16.3. The summed E-state index contributed by atoms with van der Waals surface area (Å²) >= 11 is 0. The van der Waals surface area contributed by atoms with Gasteiger partial charge in [-0.2, -0.15) is 0 Å². The van der Waals surface area contributed by atoms with Gasteiger partial charge >= 0.3 is 0 Å². The van der Waals surface area contributed by atoms with Crippen LogP contribution in [0.25, 0.3) is 0 Å². The lowest BCUT2D eigenvalue weighted by Crippen LogP contribution is -2.49. The Bertz CT molecular complexity index is 733. The smallest absolute Gasteiger partial charge is 0.270 e. The number of aromatic nitrogens is 1. The molecule has 3 amide bonds. The molecule has 1 aromatic heterocycles. The van der Waals surface area contributed by atoms with Gasteiger partial charge in [0.05, 0.1) is 19.2 Å². The van der Waals surface area contributed by atoms with Crippen molar-refractivity contribution in [3.8, 4) is 0 Å². The Hall–Kier alpha value is -2.68. The highest BCUT2D eigenvalue weighted by molar-refractivity contribution is 5.95. The third-order valence-electron chi connectivity index (χ3n) is 5.22. The predicted molar refractivity (Wildman–Crippen MR) is 103 cm³/mol. The lowest BCUT2D eigenvalue weighted by Gasteiger charge is -2.32. The minimum atomic E-state index is -0.434. The minimum Gasteiger partial charge on any atom is -0.393 e. The van der Waals surface area contributed by atoms with Crippen LogP contribution in [-0.4, -0.2) is 78.1 Å². The normalized spacial score (nSPS) is 22.7. The molecule has 9 nitrogen and oxygen atoms in total. The summed E-state index contributed by atoms with van der Waals surface area (Å²) in [6, 6.07) is 5.11. The molecule has 2 aliphatic rings. The lowest BCUT2D eigenvalue weighted by molar-refractivity contribution is -0.129. The van der Waals surface area contributed by atoms with Crippen LogP contribution in [0.3, 0.4) is 0 Å². The lowest BCUT2D eigenvalue weighted by atomic mass is 9.93. The van der Waals surface area contributed by atoms with Crippen molar-refractivity contribution >= 4 is 23.5 Å². The standard InChI is InChI=1S/C19H27N5O4/c1-23-9-10-24(12-18(23)27)16-4-2-3-15(22-16)19(28)20-11-17(26)21-13-5-7-14(25)8-6-13/h2-4,13-14,25H,5-12H2,1H3,(H,20,28)(H,21,26). The van der Waals surface area contributed by atoms with Gasteiger partial charge in [-0.3, -0.25) is 14.4 Å². The third-order valence-corrected chi connectivity index (χ3v) is 5.22. The van der Waals surface area contributed by atoms with E-state index < -0.39 is 5.91 Å². The average Bonchev–Trinajstić information content (AvgIpc) is 2.70. The van der Waals surface area contributed by atoms with Gasteiger partial charge in [-0.1, -0.05) is 6.07 Å². The molecule has 28 heavy (non-hydrogen) atoms. The maximum atomic E-state index is 12.4. The van der Waals surface area contributed by atoms with Crippen LogP contribution >= 0.6 is 0 Å². The van der Waals surface area contributed by atoms with Crippen LogP contribution in [0.4, 0.5) is 5.82 Å². The summed E-state index contributed by atoms with van der Waals surface area (Å²) in [6.07, 6.45) is 2.58. The Morgan fingerprint density at radius 1 is 1.21 bits per heavy atom. The van der Waals surface area contributed by atoms with Crippen molar-refractivity contribution < 1.29 is 19.5 Å². The summed E-state index contributed by atoms with van der Waals surface area (Å²) in [5.74, 6) is -0.110. The van der Waals surface area contributed by atoms with Gasteiger partial charge in [-0.15, -0.1) is 0 Å². The molecule has 1 aliphatic carbocycles. The molecule has 1 saturated heterocycles. The quantitative estimate of drug-likeness (QED) is 0.626. The van der Waals surface area contributed by atoms with Gasteiger partial charge < -0.3 is 25.5 Å². The fourth-order valence-corrected chi connectivity index (χ4v) is 3.43. The number of carbonyl (C=O) groups excluding carboxylic acids is 3. The van der Waals surface area contributed by atoms with E-state index in [1.54, 1.807) is 30.1 Å². The molecular formula is C19H27N5O4. The highest BCUT2D eigenvalue weighted by Crippen LogP contribution is 2.18. The zero-order valence-electron chi connectivity index (χ0n) is 16.1. The van der Waals surface area contributed by atoms with Crippen LogP contribution in [0, 0.1) is 0 Å². The number of hydrogen-bond donors (Lipinski definition) is 3. The second-order valence-electron chi connectivity index (χ2n) is 7.37. The molecule has 0 unspecified atom stereocenters. The molecule has 1 saturated carbocycles. The number of likely N-dealkylation sites (N-methyl/N-ethyl adjacent to an activating group) is 1. The first kappa shape index (κ1) is 20.1. The second kappa shape index (κ2) is 9.01. The summed E-state index contributed by atoms with van der Waals surface area (Å²) in [7, 11) is 1.76. The first-order chi connectivity index (χ1) is 13.4. The molecular weight excluding hydrogens is 362 g/mol. The number of nitrogens with zero attached hydrogens (tertiary/aromatic N) is 3. The van der Waals surface area contributed by atoms with Gasteiger partial charge in [0, 0.05) is 26.2 Å². The molecule has 0 spiro atoms. The summed E-state index contributed by atoms with van der Waals surface area (Å²) in [5.41, 5.74) is 0.206. The van der Waals surface area contributed by atoms with Gasteiger partial charge in [0.25, 0.3) is 5.91 Å². The Morgan fingerprint density at radius 3 is 2.68 bits per heavy atom. The number of rotatable bonds is 5. The molecule has 0 bridgehead atoms. The molecule has 3 rings (SSSR count). The average molecular weight is 389 g/mol. The second-order valence-corrected chi connectivity index (χ2v) is 7.37. The van der Waals surface area contributed by atoms with Crippen molar-refractivity contribution in [2.75, 3.05) is 38.1 Å². The van der Waals surface area contributed by atoms with E-state index in [-0.39, 0.29) is 42.7 Å². The van der Waals surface area contributed by atoms with Crippen molar-refractivity contribution in [2.45, 2.75) is 37.8 Å². The molecule has 2 fully saturated rings. The molecule has 1 aliphatic heterocycles. The molecule has 0 radical (unpaired) electrons. The SMILES string of the molecule is CN1CCN(c2cccc(C(=O)NCC(=O)NC3CCC(O)CC3)n2)CC1=O. The number of anilines is 1. The van der Waals surface area contributed by atoms with E-state index in [2.05, 4.69) is 15.6 Å². The third kappa shape index (κ3) is 5.19. The summed E-state index contributed by atoms with van der Waals surface area (Å²) in [4.78, 5) is 44.1. The fraction of sp³-hybridized carbons (Fsp3) is 0.579. The maximum absolute atomic E-state index is 12.4. The zero-order valence-corrected chi connectivity index (χ0v) is 16.1. The Labute approximate surface area is 164 Å². The highest BCUT2D eigenvalue weighted by Gasteiger charge is 2.23. The largest absolute Gasteiger partial charge is 0.393 e. The van der Waals surface area contributed by atoms with Crippen LogP contribution in [0.5, 0.6) is 0 Å². The van der Waals surface area contributed by atoms with E-state index in [1.807, 2.05) is 4.90 Å². The fourth-order valence-electron chi connectivity index (χ4n) is 3.43. The zero-order chi connectivity index (χ0) is 20.1. The predicted octanol–water partition coefficient (Wildman–Crippen LogP) is -0.490. The number of carbonyl (C=O) groups is 3. The molecule has 0 atom stereocenters. The molecule has 2 heterocycles. The molecule has 3 N–H and O–H groups in total. The Kier molecular flexibility index (Phi) is 6.45. The number of piperazine rings is 1. The van der Waals surface area contributed by atoms with Gasteiger partial charge in [-0.05, 0) is 37.8 Å². The van der Waals surface area contributed by atoms with Gasteiger partial charge in [0.2, 0.25) is 11.8 Å². The van der Waals surface area contributed by atoms with Crippen molar-refractivity contribution in [3.05, 3.63) is 23.9 Å². The van der Waals surface area contributed by atoms with Crippen molar-refractivity contribution in [2.24, 2.45) is 0 Å². The van der Waals surface area contributed by atoms with Gasteiger partial charge in [-0.25, -0.2) is 4.98 Å². The summed E-state index contributed by atoms with van der Waals surface area (Å²) in [5, 5.41) is 15.0. The number of hydrogen-bond acceptors (Lipinski definition) is 6. The van der Waals surface area contributed by atoms with E-state index in [9.17, 15) is 19.5 Å². The molecule has 0 aromatic carbocycles. The Balaban J connectivity index is 1.50. The van der Waals surface area contributed by atoms with E-state index in [0.717, 1.165) is 12.8 Å². The van der Waals surface area contributed by atoms with Crippen molar-refractivity contribution in [1.29, 1.82) is 0 Å². The van der Waals surface area contributed by atoms with E-state index >= 15 is 0 Å². The van der Waals surface area contributed by atoms with Crippen molar-refractivity contribution in [1.82, 2.24) is 20.5 Å².